The molecule has 0 radical (unpaired) electrons. The van der Waals surface area contributed by atoms with E-state index in [-0.39, 0.29) is 11.8 Å². The van der Waals surface area contributed by atoms with Crippen LogP contribution < -0.4 is 0 Å². The second-order valence-electron chi connectivity index (χ2n) is 6.32. The molecule has 1 aromatic heterocycles. The number of nitrogens with zero attached hydrogens (tertiary/aromatic N) is 2. The van der Waals surface area contributed by atoms with Crippen molar-refractivity contribution < 1.29 is 14.4 Å². The number of aliphatic carboxylic acids is 1. The molecule has 1 N–H and O–H groups in total. The van der Waals surface area contributed by atoms with E-state index in [0.717, 1.165) is 37.9 Å². The molecule has 19 heavy (non-hydrogen) atoms. The van der Waals surface area contributed by atoms with E-state index in [1.54, 1.807) is 0 Å². The summed E-state index contributed by atoms with van der Waals surface area (Å²) in [4.78, 5) is 15.5. The summed E-state index contributed by atoms with van der Waals surface area (Å²) >= 11 is 0. The number of carbonyl (C=O) groups is 1. The van der Waals surface area contributed by atoms with Crippen LogP contribution in [-0.2, 0) is 11.2 Å². The Morgan fingerprint density at radius 1 is 1.47 bits per heavy atom. The average molecular weight is 264 g/mol. The van der Waals surface area contributed by atoms with Gasteiger partial charge in [-0.3, -0.25) is 4.79 Å². The summed E-state index contributed by atoms with van der Waals surface area (Å²) in [5.74, 6) is 1.82. The fraction of sp³-hybridized carbons (Fsp3) is 0.786. The van der Waals surface area contributed by atoms with Crippen LogP contribution in [0.25, 0.3) is 0 Å². The summed E-state index contributed by atoms with van der Waals surface area (Å²) < 4.78 is 5.33. The quantitative estimate of drug-likeness (QED) is 0.884. The van der Waals surface area contributed by atoms with Crippen LogP contribution in [0, 0.1) is 11.3 Å². The average Bonchev–Trinajstić information content (AvgIpc) is 2.78. The van der Waals surface area contributed by atoms with Crippen molar-refractivity contribution in [3.63, 3.8) is 0 Å². The van der Waals surface area contributed by atoms with Crippen LogP contribution in [-0.4, -0.2) is 21.2 Å². The summed E-state index contributed by atoms with van der Waals surface area (Å²) in [7, 11) is 0. The van der Waals surface area contributed by atoms with Crippen molar-refractivity contribution >= 4 is 5.97 Å². The Balaban J connectivity index is 1.71. The zero-order valence-corrected chi connectivity index (χ0v) is 11.3. The van der Waals surface area contributed by atoms with Gasteiger partial charge >= 0.3 is 5.97 Å². The number of hydrogen-bond acceptors (Lipinski definition) is 4. The first-order valence-electron chi connectivity index (χ1n) is 7.12. The number of aromatic nitrogens is 2. The molecule has 1 aromatic rings. The predicted molar refractivity (Wildman–Crippen MR) is 67.7 cm³/mol. The second kappa shape index (κ2) is 4.62. The highest BCUT2D eigenvalue weighted by molar-refractivity contribution is 5.67. The Labute approximate surface area is 112 Å². The highest BCUT2D eigenvalue weighted by atomic mass is 16.5. The first kappa shape index (κ1) is 12.6. The molecule has 2 saturated carbocycles. The molecule has 5 heteroatoms. The van der Waals surface area contributed by atoms with E-state index in [9.17, 15) is 4.79 Å². The molecule has 0 amide bonds. The van der Waals surface area contributed by atoms with Crippen LogP contribution in [0.5, 0.6) is 0 Å². The molecule has 2 unspecified atom stereocenters. The van der Waals surface area contributed by atoms with Gasteiger partial charge in [0.2, 0.25) is 5.89 Å². The fourth-order valence-electron chi connectivity index (χ4n) is 3.35. The summed E-state index contributed by atoms with van der Waals surface area (Å²) in [5, 5.41) is 13.1. The van der Waals surface area contributed by atoms with E-state index >= 15 is 0 Å². The second-order valence-corrected chi connectivity index (χ2v) is 6.32. The molecule has 3 rings (SSSR count). The minimum absolute atomic E-state index is 0.162. The van der Waals surface area contributed by atoms with Gasteiger partial charge in [0.1, 0.15) is 0 Å². The molecule has 0 aromatic carbocycles. The van der Waals surface area contributed by atoms with E-state index < -0.39 is 5.97 Å². The summed E-state index contributed by atoms with van der Waals surface area (Å²) in [5.41, 5.74) is -0.162. The Kier molecular flexibility index (Phi) is 3.07. The van der Waals surface area contributed by atoms with E-state index in [4.69, 9.17) is 9.63 Å². The van der Waals surface area contributed by atoms with Gasteiger partial charge in [-0.05, 0) is 30.6 Å². The molecule has 0 saturated heterocycles. The van der Waals surface area contributed by atoms with Gasteiger partial charge in [-0.15, -0.1) is 0 Å². The van der Waals surface area contributed by atoms with Crippen molar-refractivity contribution in [1.82, 2.24) is 10.1 Å². The van der Waals surface area contributed by atoms with Crippen LogP contribution in [0.3, 0.4) is 0 Å². The minimum atomic E-state index is -0.725. The predicted octanol–water partition coefficient (Wildman–Crippen LogP) is 2.77. The molecular weight excluding hydrogens is 244 g/mol. The van der Waals surface area contributed by atoms with E-state index in [1.807, 2.05) is 0 Å². The molecule has 2 aliphatic rings. The third-order valence-corrected chi connectivity index (χ3v) is 4.64. The lowest BCUT2D eigenvalue weighted by molar-refractivity contribution is -0.139. The Morgan fingerprint density at radius 2 is 2.16 bits per heavy atom. The lowest BCUT2D eigenvalue weighted by Crippen LogP contribution is -2.24. The minimum Gasteiger partial charge on any atom is -0.481 e. The van der Waals surface area contributed by atoms with Gasteiger partial charge < -0.3 is 9.63 Å². The number of rotatable bonds is 5. The maximum atomic E-state index is 11.1. The standard InChI is InChI=1S/C14H20N2O3/c1-9-6-10(9)13-15-11(19-16-13)7-14(8-12(17)18)4-2-3-5-14/h9-10H,2-8H2,1H3,(H,17,18). The van der Waals surface area contributed by atoms with E-state index in [0.29, 0.717) is 24.1 Å². The van der Waals surface area contributed by atoms with Crippen LogP contribution >= 0.6 is 0 Å². The maximum Gasteiger partial charge on any atom is 0.303 e. The van der Waals surface area contributed by atoms with Gasteiger partial charge in [-0.2, -0.15) is 4.98 Å². The normalized spacial score (nSPS) is 28.5. The van der Waals surface area contributed by atoms with Crippen molar-refractivity contribution in [2.45, 2.75) is 57.8 Å². The number of carboxylic acids is 1. The fourth-order valence-corrected chi connectivity index (χ4v) is 3.35. The lowest BCUT2D eigenvalue weighted by atomic mass is 9.79. The molecule has 0 aliphatic heterocycles. The molecule has 1 heterocycles. The van der Waals surface area contributed by atoms with Crippen LogP contribution in [0.1, 0.15) is 63.1 Å². The van der Waals surface area contributed by atoms with Crippen molar-refractivity contribution in [2.75, 3.05) is 0 Å². The van der Waals surface area contributed by atoms with Crippen LogP contribution in [0.15, 0.2) is 4.52 Å². The third kappa shape index (κ3) is 2.65. The number of carboxylic acid groups (broad SMARTS) is 1. The highest BCUT2D eigenvalue weighted by Gasteiger charge is 2.40. The summed E-state index contributed by atoms with van der Waals surface area (Å²) in [6.07, 6.45) is 6.09. The van der Waals surface area contributed by atoms with E-state index in [1.165, 1.54) is 0 Å². The molecule has 0 spiro atoms. The summed E-state index contributed by atoms with van der Waals surface area (Å²) in [6.45, 7) is 2.18. The Bertz CT molecular complexity index is 477. The molecule has 5 nitrogen and oxygen atoms in total. The zero-order chi connectivity index (χ0) is 13.5. The Hall–Kier alpha value is -1.39. The smallest absolute Gasteiger partial charge is 0.303 e. The molecule has 2 atom stereocenters. The van der Waals surface area contributed by atoms with Gasteiger partial charge in [0.15, 0.2) is 5.82 Å². The number of hydrogen-bond donors (Lipinski definition) is 1. The van der Waals surface area contributed by atoms with Crippen molar-refractivity contribution in [1.29, 1.82) is 0 Å². The first-order chi connectivity index (χ1) is 9.08. The Morgan fingerprint density at radius 3 is 2.74 bits per heavy atom. The highest BCUT2D eigenvalue weighted by Crippen LogP contribution is 2.47. The molecule has 0 bridgehead atoms. The first-order valence-corrected chi connectivity index (χ1v) is 7.12. The molecule has 2 aliphatic carbocycles. The van der Waals surface area contributed by atoms with Gasteiger partial charge in [0, 0.05) is 12.3 Å². The topological polar surface area (TPSA) is 76.2 Å². The van der Waals surface area contributed by atoms with Crippen molar-refractivity contribution in [3.05, 3.63) is 11.7 Å². The molecule has 104 valence electrons. The monoisotopic (exact) mass is 264 g/mol. The van der Waals surface area contributed by atoms with Crippen molar-refractivity contribution in [3.8, 4) is 0 Å². The van der Waals surface area contributed by atoms with Gasteiger partial charge in [0.05, 0.1) is 6.42 Å². The van der Waals surface area contributed by atoms with E-state index in [2.05, 4.69) is 17.1 Å². The van der Waals surface area contributed by atoms with Gasteiger partial charge in [0.25, 0.3) is 0 Å². The summed E-state index contributed by atoms with van der Waals surface area (Å²) in [6, 6.07) is 0. The maximum absolute atomic E-state index is 11.1. The van der Waals surface area contributed by atoms with Crippen LogP contribution in [0.4, 0.5) is 0 Å². The lowest BCUT2D eigenvalue weighted by Gasteiger charge is -2.24. The van der Waals surface area contributed by atoms with Gasteiger partial charge in [-0.25, -0.2) is 0 Å². The third-order valence-electron chi connectivity index (χ3n) is 4.64. The molecule has 2 fully saturated rings. The largest absolute Gasteiger partial charge is 0.481 e. The van der Waals surface area contributed by atoms with Gasteiger partial charge in [-0.1, -0.05) is 24.9 Å². The SMILES string of the molecule is CC1CC1c1noc(CC2(CC(=O)O)CCCC2)n1. The molecular formula is C14H20N2O3. The van der Waals surface area contributed by atoms with Crippen LogP contribution in [0.2, 0.25) is 0 Å². The zero-order valence-electron chi connectivity index (χ0n) is 11.3. The van der Waals surface area contributed by atoms with Crippen molar-refractivity contribution in [2.24, 2.45) is 11.3 Å².